The average molecular weight is 182 g/mol. The molecule has 0 aliphatic heterocycles. The Bertz CT molecular complexity index is 292. The first kappa shape index (κ1) is 9.77. The van der Waals surface area contributed by atoms with Crippen LogP contribution in [0.4, 0.5) is 5.82 Å². The lowest BCUT2D eigenvalue weighted by Gasteiger charge is -2.02. The Morgan fingerprint density at radius 3 is 2.85 bits per heavy atom. The van der Waals surface area contributed by atoms with E-state index in [2.05, 4.69) is 10.5 Å². The van der Waals surface area contributed by atoms with Crippen molar-refractivity contribution < 1.29 is 9.32 Å². The first-order valence-electron chi connectivity index (χ1n) is 4.40. The van der Waals surface area contributed by atoms with Crippen LogP contribution in [0, 0.1) is 5.92 Å². The van der Waals surface area contributed by atoms with Gasteiger partial charge < -0.3 is 9.84 Å². The molecule has 0 radical (unpaired) electrons. The molecule has 0 spiro atoms. The molecule has 0 aliphatic carbocycles. The number of nitrogens with zero attached hydrogens (tertiary/aromatic N) is 1. The predicted molar refractivity (Wildman–Crippen MR) is 49.3 cm³/mol. The predicted octanol–water partition coefficient (Wildman–Crippen LogP) is 1.83. The Morgan fingerprint density at radius 1 is 1.69 bits per heavy atom. The summed E-state index contributed by atoms with van der Waals surface area (Å²) >= 11 is 0. The zero-order valence-corrected chi connectivity index (χ0v) is 8.13. The fraction of sp³-hybridized carbons (Fsp3) is 0.556. The fourth-order valence-electron chi connectivity index (χ4n) is 0.809. The lowest BCUT2D eigenvalue weighted by atomic mass is 10.2. The van der Waals surface area contributed by atoms with E-state index in [4.69, 9.17) is 4.52 Å². The number of hydrogen-bond acceptors (Lipinski definition) is 3. The van der Waals surface area contributed by atoms with Crippen LogP contribution in [0.2, 0.25) is 0 Å². The van der Waals surface area contributed by atoms with Crippen LogP contribution in [0.1, 0.15) is 26.5 Å². The van der Waals surface area contributed by atoms with Crippen LogP contribution in [0.3, 0.4) is 0 Å². The van der Waals surface area contributed by atoms with Gasteiger partial charge in [-0.1, -0.05) is 25.9 Å². The minimum atomic E-state index is -0.0454. The van der Waals surface area contributed by atoms with Crippen LogP contribution in [-0.4, -0.2) is 11.1 Å². The molecular formula is C9H14N2O2. The molecule has 1 aromatic rings. The van der Waals surface area contributed by atoms with Gasteiger partial charge in [-0.25, -0.2) is 0 Å². The maximum absolute atomic E-state index is 11.2. The van der Waals surface area contributed by atoms with E-state index in [-0.39, 0.29) is 11.8 Å². The highest BCUT2D eigenvalue weighted by Crippen LogP contribution is 2.10. The molecular weight excluding hydrogens is 168 g/mol. The standard InChI is InChI=1S/C9H14N2O2/c1-4-7-5-8(11-13-7)10-9(12)6(2)3/h5-6H,4H2,1-3H3,(H,10,11,12). The molecule has 1 amide bonds. The van der Waals surface area contributed by atoms with E-state index >= 15 is 0 Å². The van der Waals surface area contributed by atoms with Crippen molar-refractivity contribution in [2.75, 3.05) is 5.32 Å². The van der Waals surface area contributed by atoms with E-state index in [1.165, 1.54) is 0 Å². The topological polar surface area (TPSA) is 55.1 Å². The molecule has 72 valence electrons. The van der Waals surface area contributed by atoms with E-state index in [0.717, 1.165) is 12.2 Å². The van der Waals surface area contributed by atoms with Gasteiger partial charge in [0.2, 0.25) is 5.91 Å². The Morgan fingerprint density at radius 2 is 2.38 bits per heavy atom. The van der Waals surface area contributed by atoms with Gasteiger partial charge in [0, 0.05) is 18.4 Å². The summed E-state index contributed by atoms with van der Waals surface area (Å²) in [5, 5.41) is 6.35. The highest BCUT2D eigenvalue weighted by Gasteiger charge is 2.09. The summed E-state index contributed by atoms with van der Waals surface area (Å²) in [4.78, 5) is 11.2. The van der Waals surface area contributed by atoms with Crippen LogP contribution in [-0.2, 0) is 11.2 Å². The first-order valence-corrected chi connectivity index (χ1v) is 4.40. The molecule has 0 aromatic carbocycles. The molecule has 1 N–H and O–H groups in total. The van der Waals surface area contributed by atoms with Crippen molar-refractivity contribution in [2.45, 2.75) is 27.2 Å². The summed E-state index contributed by atoms with van der Waals surface area (Å²) in [5.41, 5.74) is 0. The average Bonchev–Trinajstić information content (AvgIpc) is 2.52. The van der Waals surface area contributed by atoms with Crippen molar-refractivity contribution in [3.05, 3.63) is 11.8 Å². The van der Waals surface area contributed by atoms with Crippen LogP contribution < -0.4 is 5.32 Å². The van der Waals surface area contributed by atoms with Gasteiger partial charge in [-0.05, 0) is 0 Å². The largest absolute Gasteiger partial charge is 0.359 e. The fourth-order valence-corrected chi connectivity index (χ4v) is 0.809. The molecule has 0 fully saturated rings. The van der Waals surface area contributed by atoms with E-state index in [0.29, 0.717) is 5.82 Å². The van der Waals surface area contributed by atoms with Gasteiger partial charge in [0.1, 0.15) is 5.76 Å². The molecule has 1 heterocycles. The van der Waals surface area contributed by atoms with E-state index in [1.54, 1.807) is 6.07 Å². The van der Waals surface area contributed by atoms with Gasteiger partial charge in [0.05, 0.1) is 0 Å². The number of carbonyl (C=O) groups excluding carboxylic acids is 1. The second-order valence-corrected chi connectivity index (χ2v) is 3.18. The number of anilines is 1. The summed E-state index contributed by atoms with van der Waals surface area (Å²) in [6.45, 7) is 5.63. The minimum absolute atomic E-state index is 0.0400. The van der Waals surface area contributed by atoms with E-state index < -0.39 is 0 Å². The maximum atomic E-state index is 11.2. The molecule has 0 saturated carbocycles. The lowest BCUT2D eigenvalue weighted by Crippen LogP contribution is -2.17. The molecule has 0 aliphatic rings. The van der Waals surface area contributed by atoms with Crippen LogP contribution >= 0.6 is 0 Å². The molecule has 4 nitrogen and oxygen atoms in total. The Balaban J connectivity index is 2.59. The normalized spacial score (nSPS) is 10.5. The molecule has 13 heavy (non-hydrogen) atoms. The number of aryl methyl sites for hydroxylation is 1. The second kappa shape index (κ2) is 4.07. The van der Waals surface area contributed by atoms with Crippen molar-refractivity contribution in [1.82, 2.24) is 5.16 Å². The molecule has 0 atom stereocenters. The minimum Gasteiger partial charge on any atom is -0.359 e. The third-order valence-corrected chi connectivity index (χ3v) is 1.68. The van der Waals surface area contributed by atoms with Gasteiger partial charge in [0.25, 0.3) is 0 Å². The number of hydrogen-bond donors (Lipinski definition) is 1. The maximum Gasteiger partial charge on any atom is 0.228 e. The van der Waals surface area contributed by atoms with E-state index in [9.17, 15) is 4.79 Å². The lowest BCUT2D eigenvalue weighted by molar-refractivity contribution is -0.118. The number of carbonyl (C=O) groups is 1. The summed E-state index contributed by atoms with van der Waals surface area (Å²) < 4.78 is 4.93. The zero-order chi connectivity index (χ0) is 9.84. The van der Waals surface area contributed by atoms with Crippen molar-refractivity contribution in [2.24, 2.45) is 5.92 Å². The summed E-state index contributed by atoms with van der Waals surface area (Å²) in [6.07, 6.45) is 0.782. The van der Waals surface area contributed by atoms with Crippen molar-refractivity contribution in [1.29, 1.82) is 0 Å². The zero-order valence-electron chi connectivity index (χ0n) is 8.13. The number of rotatable bonds is 3. The molecule has 0 unspecified atom stereocenters. The van der Waals surface area contributed by atoms with Crippen molar-refractivity contribution in [3.8, 4) is 0 Å². The second-order valence-electron chi connectivity index (χ2n) is 3.18. The van der Waals surface area contributed by atoms with Crippen molar-refractivity contribution in [3.63, 3.8) is 0 Å². The van der Waals surface area contributed by atoms with E-state index in [1.807, 2.05) is 20.8 Å². The highest BCUT2D eigenvalue weighted by molar-refractivity contribution is 5.91. The van der Waals surface area contributed by atoms with Crippen LogP contribution in [0.25, 0.3) is 0 Å². The Hall–Kier alpha value is -1.32. The summed E-state index contributed by atoms with van der Waals surface area (Å²) in [5.74, 6) is 1.19. The summed E-state index contributed by atoms with van der Waals surface area (Å²) in [6, 6.07) is 1.74. The SMILES string of the molecule is CCc1cc(NC(=O)C(C)C)no1. The summed E-state index contributed by atoms with van der Waals surface area (Å²) in [7, 11) is 0. The van der Waals surface area contributed by atoms with Gasteiger partial charge in [-0.15, -0.1) is 0 Å². The smallest absolute Gasteiger partial charge is 0.228 e. The van der Waals surface area contributed by atoms with Gasteiger partial charge in [-0.2, -0.15) is 0 Å². The Kier molecular flexibility index (Phi) is 3.06. The monoisotopic (exact) mass is 182 g/mol. The molecule has 0 bridgehead atoms. The quantitative estimate of drug-likeness (QED) is 0.775. The van der Waals surface area contributed by atoms with Crippen LogP contribution in [0.5, 0.6) is 0 Å². The molecule has 1 rings (SSSR count). The number of nitrogens with one attached hydrogen (secondary N) is 1. The van der Waals surface area contributed by atoms with Crippen molar-refractivity contribution >= 4 is 11.7 Å². The van der Waals surface area contributed by atoms with Crippen LogP contribution in [0.15, 0.2) is 10.6 Å². The van der Waals surface area contributed by atoms with Gasteiger partial charge in [-0.3, -0.25) is 4.79 Å². The third-order valence-electron chi connectivity index (χ3n) is 1.68. The molecule has 4 heteroatoms. The third kappa shape index (κ3) is 2.57. The first-order chi connectivity index (χ1) is 6.13. The number of amides is 1. The van der Waals surface area contributed by atoms with Gasteiger partial charge >= 0.3 is 0 Å². The molecule has 0 saturated heterocycles. The van der Waals surface area contributed by atoms with Gasteiger partial charge in [0.15, 0.2) is 5.82 Å². The highest BCUT2D eigenvalue weighted by atomic mass is 16.5. The molecule has 1 aromatic heterocycles. The number of aromatic nitrogens is 1. The Labute approximate surface area is 77.3 Å².